The van der Waals surface area contributed by atoms with E-state index in [0.29, 0.717) is 0 Å². The van der Waals surface area contributed by atoms with Crippen molar-refractivity contribution in [2.45, 2.75) is 6.92 Å². The van der Waals surface area contributed by atoms with Crippen LogP contribution in [0, 0.1) is 11.3 Å². The van der Waals surface area contributed by atoms with Gasteiger partial charge < -0.3 is 4.66 Å². The molecule has 0 spiro atoms. The predicted molar refractivity (Wildman–Crippen MR) is 17.1 cm³/mol. The quantitative estimate of drug-likeness (QED) is 0.317. The van der Waals surface area contributed by atoms with Crippen LogP contribution in [-0.2, 0) is 0 Å². The van der Waals surface area contributed by atoms with Gasteiger partial charge in [0.05, 0.1) is 6.07 Å². The third-order valence-electron chi connectivity index (χ3n) is 0. The van der Waals surface area contributed by atoms with Gasteiger partial charge in [0.2, 0.25) is 0 Å². The Labute approximate surface area is 64.2 Å². The molecule has 0 amide bonds. The van der Waals surface area contributed by atoms with Gasteiger partial charge in [-0.15, -0.1) is 0 Å². The van der Waals surface area contributed by atoms with Crippen LogP contribution in [0.3, 0.4) is 0 Å². The molecule has 0 N–H and O–H groups in total. The van der Waals surface area contributed by atoms with Crippen molar-refractivity contribution in [3.05, 3.63) is 0 Å². The van der Waals surface area contributed by atoms with Crippen molar-refractivity contribution in [2.75, 3.05) is 0 Å². The third-order valence-corrected chi connectivity index (χ3v) is 0. The van der Waals surface area contributed by atoms with E-state index in [0.717, 1.165) is 0 Å². The average Bonchev–Trinajstić information content (AvgIpc) is 1.46. The molecular formula is C2H3ClNNaO. The molecule has 0 aromatic rings. The molecule has 0 heterocycles. The molecule has 0 aliphatic heterocycles. The van der Waals surface area contributed by atoms with Crippen molar-refractivity contribution < 1.29 is 34.2 Å². The van der Waals surface area contributed by atoms with Gasteiger partial charge in [-0.1, -0.05) is 0 Å². The molecule has 0 saturated carbocycles. The summed E-state index contributed by atoms with van der Waals surface area (Å²) in [5.41, 5.74) is 0. The van der Waals surface area contributed by atoms with Crippen LogP contribution in [0.25, 0.3) is 0 Å². The first-order valence-corrected chi connectivity index (χ1v) is 1.19. The van der Waals surface area contributed by atoms with E-state index in [-0.39, 0.29) is 29.6 Å². The summed E-state index contributed by atoms with van der Waals surface area (Å²) >= 11 is 3.39. The summed E-state index contributed by atoms with van der Waals surface area (Å²) < 4.78 is 7.72. The van der Waals surface area contributed by atoms with Crippen LogP contribution in [0.1, 0.15) is 6.92 Å². The van der Waals surface area contributed by atoms with E-state index >= 15 is 0 Å². The zero-order chi connectivity index (χ0) is 4.71. The van der Waals surface area contributed by atoms with Gasteiger partial charge in [0.25, 0.3) is 0 Å². The topological polar surface area (TPSA) is 46.8 Å². The number of nitrogens with zero attached hydrogens (tertiary/aromatic N) is 1. The maximum absolute atomic E-state index is 7.72. The van der Waals surface area contributed by atoms with Gasteiger partial charge in [-0.3, -0.25) is 0 Å². The van der Waals surface area contributed by atoms with Gasteiger partial charge in [-0.2, -0.15) is 5.26 Å². The van der Waals surface area contributed by atoms with Gasteiger partial charge in [-0.05, 0) is 0 Å². The van der Waals surface area contributed by atoms with E-state index in [1.807, 2.05) is 0 Å². The van der Waals surface area contributed by atoms with Crippen molar-refractivity contribution in [3.63, 3.8) is 0 Å². The number of nitriles is 1. The zero-order valence-electron chi connectivity index (χ0n) is 3.73. The minimum absolute atomic E-state index is 0. The fraction of sp³-hybridized carbons (Fsp3) is 0.500. The Morgan fingerprint density at radius 2 is 1.67 bits per heavy atom. The summed E-state index contributed by atoms with van der Waals surface area (Å²) in [4.78, 5) is 0. The first-order chi connectivity index (χ1) is 2.41. The standard InChI is InChI=1S/C2H3N.ClO.Na/c1-2-3;1-2;/h1H3;;/q;-1;+1. The molecule has 0 aromatic heterocycles. The van der Waals surface area contributed by atoms with Crippen LogP contribution in [-0.4, -0.2) is 0 Å². The maximum Gasteiger partial charge on any atom is 1.00 e. The van der Waals surface area contributed by atoms with E-state index in [4.69, 9.17) is 9.92 Å². The monoisotopic (exact) mass is 115 g/mol. The van der Waals surface area contributed by atoms with E-state index in [1.165, 1.54) is 6.92 Å². The van der Waals surface area contributed by atoms with Crippen molar-refractivity contribution in [1.82, 2.24) is 0 Å². The molecule has 0 atom stereocenters. The average molecular weight is 115 g/mol. The first kappa shape index (κ1) is 15.9. The molecule has 0 rings (SSSR count). The largest absolute Gasteiger partial charge is 1.00 e. The Morgan fingerprint density at radius 3 is 1.67 bits per heavy atom. The van der Waals surface area contributed by atoms with Crippen LogP contribution in [0.15, 0.2) is 0 Å². The van der Waals surface area contributed by atoms with Gasteiger partial charge in [0.1, 0.15) is 0 Å². The molecule has 30 valence electrons. The number of halogens is 1. The van der Waals surface area contributed by atoms with Crippen molar-refractivity contribution in [2.24, 2.45) is 0 Å². The van der Waals surface area contributed by atoms with Crippen LogP contribution in [0.5, 0.6) is 0 Å². The second kappa shape index (κ2) is 42.6. The molecule has 0 bridgehead atoms. The van der Waals surface area contributed by atoms with Gasteiger partial charge in [0, 0.05) is 6.92 Å². The molecule has 0 radical (unpaired) electrons. The molecule has 0 aromatic carbocycles. The minimum atomic E-state index is 0. The normalized spacial score (nSPS) is 2.33. The van der Waals surface area contributed by atoms with Crippen molar-refractivity contribution in [1.29, 1.82) is 5.26 Å². The van der Waals surface area contributed by atoms with Crippen LogP contribution < -0.4 is 34.2 Å². The Morgan fingerprint density at radius 1 is 1.67 bits per heavy atom. The Balaban J connectivity index is -0.0000000275. The molecule has 0 aliphatic carbocycles. The SMILES string of the molecule is CC#N.[Na+].[O-]Cl. The van der Waals surface area contributed by atoms with E-state index in [9.17, 15) is 0 Å². The van der Waals surface area contributed by atoms with Crippen LogP contribution in [0.2, 0.25) is 0 Å². The Kier molecular flexibility index (Phi) is 113. The smallest absolute Gasteiger partial charge is 0.769 e. The second-order valence-electron chi connectivity index (χ2n) is 0.224. The predicted octanol–water partition coefficient (Wildman–Crippen LogP) is -2.97. The number of hydrogen-bond donors (Lipinski definition) is 0. The number of hydrogen-bond acceptors (Lipinski definition) is 2. The van der Waals surface area contributed by atoms with Crippen LogP contribution in [0.4, 0.5) is 0 Å². The molecule has 0 unspecified atom stereocenters. The minimum Gasteiger partial charge on any atom is -0.769 e. The molecule has 0 saturated heterocycles. The van der Waals surface area contributed by atoms with Crippen molar-refractivity contribution in [3.8, 4) is 6.07 Å². The van der Waals surface area contributed by atoms with E-state index in [1.54, 1.807) is 6.07 Å². The molecule has 0 aliphatic rings. The molecule has 6 heavy (non-hydrogen) atoms. The van der Waals surface area contributed by atoms with Crippen LogP contribution >= 0.6 is 11.9 Å². The molecule has 2 nitrogen and oxygen atoms in total. The summed E-state index contributed by atoms with van der Waals surface area (Å²) in [5.74, 6) is 0. The first-order valence-electron chi connectivity index (χ1n) is 0.878. The summed E-state index contributed by atoms with van der Waals surface area (Å²) in [6.45, 7) is 1.43. The fourth-order valence-corrected chi connectivity index (χ4v) is 0. The number of rotatable bonds is 0. The molecule has 4 heteroatoms. The van der Waals surface area contributed by atoms with Gasteiger partial charge >= 0.3 is 29.6 Å². The second-order valence-corrected chi connectivity index (χ2v) is 0.224. The van der Waals surface area contributed by atoms with Crippen molar-refractivity contribution >= 4 is 11.9 Å². The zero-order valence-corrected chi connectivity index (χ0v) is 6.49. The van der Waals surface area contributed by atoms with E-state index in [2.05, 4.69) is 11.9 Å². The fourth-order valence-electron chi connectivity index (χ4n) is 0. The summed E-state index contributed by atoms with van der Waals surface area (Å²) in [6, 6.07) is 1.75. The summed E-state index contributed by atoms with van der Waals surface area (Å²) in [6.07, 6.45) is 0. The summed E-state index contributed by atoms with van der Waals surface area (Å²) in [5, 5.41) is 7.32. The molecular weight excluding hydrogens is 112 g/mol. The van der Waals surface area contributed by atoms with Gasteiger partial charge in [0.15, 0.2) is 0 Å². The third kappa shape index (κ3) is 121. The Bertz CT molecular complexity index is 35.0. The van der Waals surface area contributed by atoms with E-state index < -0.39 is 0 Å². The maximum atomic E-state index is 7.72. The molecule has 0 fully saturated rings. The summed E-state index contributed by atoms with van der Waals surface area (Å²) in [7, 11) is 0. The Hall–Kier alpha value is 0.740. The van der Waals surface area contributed by atoms with Gasteiger partial charge in [-0.25, -0.2) is 11.9 Å².